The highest BCUT2D eigenvalue weighted by Gasteiger charge is 2.39. The molecule has 0 unspecified atom stereocenters. The van der Waals surface area contributed by atoms with Crippen LogP contribution in [0.15, 0.2) is 0 Å². The predicted molar refractivity (Wildman–Crippen MR) is 61.0 cm³/mol. The van der Waals surface area contributed by atoms with Gasteiger partial charge in [-0.2, -0.15) is 0 Å². The fourth-order valence-electron chi connectivity index (χ4n) is 1.37. The van der Waals surface area contributed by atoms with Gasteiger partial charge in [0.15, 0.2) is 0 Å². The van der Waals surface area contributed by atoms with Crippen molar-refractivity contribution in [1.82, 2.24) is 5.32 Å². The summed E-state index contributed by atoms with van der Waals surface area (Å²) in [4.78, 5) is 12.1. The van der Waals surface area contributed by atoms with Crippen LogP contribution in [0.2, 0.25) is 0 Å². The Balaban J connectivity index is 2.61. The predicted octanol–water partition coefficient (Wildman–Crippen LogP) is 1.36. The first kappa shape index (κ1) is 11.4. The number of thiocarbonyl (C=S) groups is 1. The van der Waals surface area contributed by atoms with Crippen LogP contribution in [0.4, 0.5) is 0 Å². The van der Waals surface area contributed by atoms with Crippen molar-refractivity contribution < 1.29 is 4.79 Å². The smallest absolute Gasteiger partial charge is 0.232 e. The van der Waals surface area contributed by atoms with Crippen molar-refractivity contribution in [3.8, 4) is 0 Å². The van der Waals surface area contributed by atoms with Gasteiger partial charge < -0.3 is 11.1 Å². The topological polar surface area (TPSA) is 55.1 Å². The molecule has 1 aliphatic carbocycles. The summed E-state index contributed by atoms with van der Waals surface area (Å²) in [6.45, 7) is 5.57. The number of rotatable bonds is 3. The molecule has 0 aromatic heterocycles. The summed E-state index contributed by atoms with van der Waals surface area (Å²) < 4.78 is 0. The zero-order chi connectivity index (χ0) is 11.0. The third kappa shape index (κ3) is 2.05. The minimum absolute atomic E-state index is 0.0286. The fourth-order valence-corrected chi connectivity index (χ4v) is 1.47. The maximum absolute atomic E-state index is 11.8. The third-order valence-electron chi connectivity index (χ3n) is 3.06. The van der Waals surface area contributed by atoms with Crippen LogP contribution in [0.3, 0.4) is 0 Å². The van der Waals surface area contributed by atoms with Gasteiger partial charge in [-0.1, -0.05) is 12.2 Å². The third-order valence-corrected chi connectivity index (χ3v) is 3.57. The maximum atomic E-state index is 11.8. The highest BCUT2D eigenvalue weighted by Crippen LogP contribution is 2.32. The van der Waals surface area contributed by atoms with Gasteiger partial charge in [-0.15, -0.1) is 0 Å². The molecule has 1 amide bonds. The quantitative estimate of drug-likeness (QED) is 0.697. The summed E-state index contributed by atoms with van der Waals surface area (Å²) in [6, 6.07) is 0. The van der Waals surface area contributed by atoms with E-state index in [1.807, 2.05) is 0 Å². The van der Waals surface area contributed by atoms with E-state index >= 15 is 0 Å². The van der Waals surface area contributed by atoms with Crippen LogP contribution < -0.4 is 11.1 Å². The lowest BCUT2D eigenvalue weighted by Crippen LogP contribution is -2.56. The van der Waals surface area contributed by atoms with Crippen molar-refractivity contribution in [3.63, 3.8) is 0 Å². The molecule has 0 bridgehead atoms. The molecule has 1 fully saturated rings. The van der Waals surface area contributed by atoms with Crippen LogP contribution in [0.25, 0.3) is 0 Å². The lowest BCUT2D eigenvalue weighted by atomic mass is 9.77. The van der Waals surface area contributed by atoms with Gasteiger partial charge in [0.05, 0.1) is 10.4 Å². The molecule has 4 heteroatoms. The summed E-state index contributed by atoms with van der Waals surface area (Å²) in [5.74, 6) is -0.0628. The Labute approximate surface area is 90.4 Å². The average molecular weight is 214 g/mol. The standard InChI is InChI=1S/C10H18N2OS/c1-9(2,7(11)14)8(13)12-10(3)5-4-6-10/h4-6H2,1-3H3,(H2,11,14)(H,12,13). The molecule has 3 N–H and O–H groups in total. The van der Waals surface area contributed by atoms with Crippen LogP contribution in [-0.4, -0.2) is 16.4 Å². The van der Waals surface area contributed by atoms with E-state index in [2.05, 4.69) is 12.2 Å². The minimum atomic E-state index is -0.742. The van der Waals surface area contributed by atoms with Crippen molar-refractivity contribution in [2.45, 2.75) is 45.6 Å². The monoisotopic (exact) mass is 214 g/mol. The van der Waals surface area contributed by atoms with Gasteiger partial charge in [-0.05, 0) is 40.0 Å². The Kier molecular flexibility index (Phi) is 2.86. The van der Waals surface area contributed by atoms with Crippen LogP contribution >= 0.6 is 12.2 Å². The molecule has 14 heavy (non-hydrogen) atoms. The zero-order valence-electron chi connectivity index (χ0n) is 9.02. The molecule has 0 spiro atoms. The molecule has 3 nitrogen and oxygen atoms in total. The van der Waals surface area contributed by atoms with E-state index in [1.54, 1.807) is 13.8 Å². The van der Waals surface area contributed by atoms with E-state index in [-0.39, 0.29) is 16.4 Å². The molecule has 0 atom stereocenters. The normalized spacial score (nSPS) is 19.6. The molecule has 0 aromatic rings. The fraction of sp³-hybridized carbons (Fsp3) is 0.800. The Morgan fingerprint density at radius 3 is 2.29 bits per heavy atom. The molecule has 1 aliphatic rings. The van der Waals surface area contributed by atoms with E-state index in [1.165, 1.54) is 6.42 Å². The van der Waals surface area contributed by atoms with Crippen molar-refractivity contribution in [3.05, 3.63) is 0 Å². The van der Waals surface area contributed by atoms with Crippen LogP contribution in [0, 0.1) is 5.41 Å². The summed E-state index contributed by atoms with van der Waals surface area (Å²) in [6.07, 6.45) is 3.28. The number of nitrogens with two attached hydrogens (primary N) is 1. The van der Waals surface area contributed by atoms with Crippen molar-refractivity contribution in [2.24, 2.45) is 11.1 Å². The van der Waals surface area contributed by atoms with Crippen molar-refractivity contribution in [2.75, 3.05) is 0 Å². The molecular formula is C10H18N2OS. The first-order chi connectivity index (χ1) is 6.28. The second kappa shape index (κ2) is 3.50. The summed E-state index contributed by atoms with van der Waals surface area (Å²) in [5, 5.41) is 3.01. The summed E-state index contributed by atoms with van der Waals surface area (Å²) >= 11 is 4.87. The van der Waals surface area contributed by atoms with Crippen LogP contribution in [-0.2, 0) is 4.79 Å². The number of amides is 1. The molecular weight excluding hydrogens is 196 g/mol. The molecule has 0 aromatic carbocycles. The highest BCUT2D eigenvalue weighted by atomic mass is 32.1. The van der Waals surface area contributed by atoms with E-state index in [9.17, 15) is 4.79 Å². The molecule has 0 radical (unpaired) electrons. The Morgan fingerprint density at radius 2 is 2.00 bits per heavy atom. The number of carbonyl (C=O) groups is 1. The largest absolute Gasteiger partial charge is 0.392 e. The maximum Gasteiger partial charge on any atom is 0.232 e. The minimum Gasteiger partial charge on any atom is -0.392 e. The molecule has 0 aliphatic heterocycles. The molecule has 1 rings (SSSR count). The summed E-state index contributed by atoms with van der Waals surface area (Å²) in [5.41, 5.74) is 4.75. The van der Waals surface area contributed by atoms with Crippen LogP contribution in [0.1, 0.15) is 40.0 Å². The number of carbonyl (C=O) groups excluding carboxylic acids is 1. The molecule has 0 heterocycles. The van der Waals surface area contributed by atoms with E-state index in [0.717, 1.165) is 12.8 Å². The first-order valence-electron chi connectivity index (χ1n) is 4.90. The Bertz CT molecular complexity index is 269. The van der Waals surface area contributed by atoms with Gasteiger partial charge in [0.2, 0.25) is 5.91 Å². The number of hydrogen-bond acceptors (Lipinski definition) is 2. The first-order valence-corrected chi connectivity index (χ1v) is 5.31. The Morgan fingerprint density at radius 1 is 1.50 bits per heavy atom. The molecule has 80 valence electrons. The van der Waals surface area contributed by atoms with Gasteiger partial charge in [-0.25, -0.2) is 0 Å². The van der Waals surface area contributed by atoms with Crippen LogP contribution in [0.5, 0.6) is 0 Å². The average Bonchev–Trinajstić information content (AvgIpc) is 2.01. The van der Waals surface area contributed by atoms with Gasteiger partial charge in [0.1, 0.15) is 0 Å². The van der Waals surface area contributed by atoms with E-state index in [0.29, 0.717) is 0 Å². The second-order valence-corrected chi connectivity index (χ2v) is 5.30. The summed E-state index contributed by atoms with van der Waals surface area (Å²) in [7, 11) is 0. The van der Waals surface area contributed by atoms with Gasteiger partial charge in [0, 0.05) is 5.54 Å². The van der Waals surface area contributed by atoms with Crippen molar-refractivity contribution in [1.29, 1.82) is 0 Å². The van der Waals surface area contributed by atoms with E-state index < -0.39 is 5.41 Å². The molecule has 0 saturated heterocycles. The lowest BCUT2D eigenvalue weighted by Gasteiger charge is -2.41. The SMILES string of the molecule is CC1(NC(=O)C(C)(C)C(N)=S)CCC1. The number of nitrogens with one attached hydrogen (secondary N) is 1. The number of hydrogen-bond donors (Lipinski definition) is 2. The van der Waals surface area contributed by atoms with Crippen molar-refractivity contribution >= 4 is 23.1 Å². The zero-order valence-corrected chi connectivity index (χ0v) is 9.83. The van der Waals surface area contributed by atoms with Gasteiger partial charge in [-0.3, -0.25) is 4.79 Å². The van der Waals surface area contributed by atoms with E-state index in [4.69, 9.17) is 18.0 Å². The highest BCUT2D eigenvalue weighted by molar-refractivity contribution is 7.80. The second-order valence-electron chi connectivity index (χ2n) is 4.86. The van der Waals surface area contributed by atoms with Gasteiger partial charge >= 0.3 is 0 Å². The Hall–Kier alpha value is -0.640. The van der Waals surface area contributed by atoms with Gasteiger partial charge in [0.25, 0.3) is 0 Å². The lowest BCUT2D eigenvalue weighted by molar-refractivity contribution is -0.129. The molecule has 1 saturated carbocycles.